The summed E-state index contributed by atoms with van der Waals surface area (Å²) in [6.07, 6.45) is 4.70. The highest BCUT2D eigenvalue weighted by molar-refractivity contribution is 5.79. The van der Waals surface area contributed by atoms with E-state index in [1.165, 1.54) is 0 Å². The Morgan fingerprint density at radius 2 is 1.97 bits per heavy atom. The van der Waals surface area contributed by atoms with Gasteiger partial charge in [-0.1, -0.05) is 12.1 Å². The number of carbonyl (C=O) groups is 1. The van der Waals surface area contributed by atoms with Gasteiger partial charge in [0.05, 0.1) is 29.2 Å². The highest BCUT2D eigenvalue weighted by Gasteiger charge is 2.41. The maximum atomic E-state index is 11.8. The molecular weight excluding hydrogens is 408 g/mol. The number of para-hydroxylation sites is 2. The lowest BCUT2D eigenvalue weighted by molar-refractivity contribution is -0.163. The van der Waals surface area contributed by atoms with Gasteiger partial charge in [-0.05, 0) is 49.9 Å². The number of fused-ring (bicyclic) bond motifs is 1. The highest BCUT2D eigenvalue weighted by atomic mass is 16.5. The van der Waals surface area contributed by atoms with E-state index in [4.69, 9.17) is 9.47 Å². The summed E-state index contributed by atoms with van der Waals surface area (Å²) in [5.41, 5.74) is 2.11. The van der Waals surface area contributed by atoms with Crippen LogP contribution in [0.3, 0.4) is 0 Å². The van der Waals surface area contributed by atoms with Crippen molar-refractivity contribution in [2.45, 2.75) is 31.8 Å². The number of nitrogens with zero attached hydrogens (tertiary/aromatic N) is 3. The minimum atomic E-state index is -0.802. The number of hydrogen-bond acceptors (Lipinski definition) is 6. The van der Waals surface area contributed by atoms with Gasteiger partial charge in [0.25, 0.3) is 0 Å². The van der Waals surface area contributed by atoms with E-state index in [1.54, 1.807) is 0 Å². The number of imidazole rings is 1. The van der Waals surface area contributed by atoms with Gasteiger partial charge >= 0.3 is 5.97 Å². The van der Waals surface area contributed by atoms with Crippen LogP contribution in [0.15, 0.2) is 42.6 Å². The standard InChI is InChI=1S/C24H28N4O4/c29-23(30)24(9-13-31-14-10-24)16-32-18-7-11-28(12-8-18)21-6-5-17(15-25-21)22-26-19-3-1-2-4-20(19)27-22/h1-6,15,18H,7-14,16H2,(H,26,27)(H,29,30). The number of benzene rings is 1. The molecule has 8 nitrogen and oxygen atoms in total. The topological polar surface area (TPSA) is 101 Å². The normalized spacial score (nSPS) is 19.3. The van der Waals surface area contributed by atoms with E-state index >= 15 is 0 Å². The molecule has 2 saturated heterocycles. The van der Waals surface area contributed by atoms with Crippen LogP contribution in [0.25, 0.3) is 22.4 Å². The summed E-state index contributed by atoms with van der Waals surface area (Å²) >= 11 is 0. The Hall–Kier alpha value is -2.97. The molecule has 2 aliphatic heterocycles. The zero-order valence-electron chi connectivity index (χ0n) is 18.0. The highest BCUT2D eigenvalue weighted by Crippen LogP contribution is 2.32. The van der Waals surface area contributed by atoms with Gasteiger partial charge in [-0.2, -0.15) is 0 Å². The van der Waals surface area contributed by atoms with Crippen LogP contribution < -0.4 is 4.90 Å². The molecule has 2 aliphatic rings. The van der Waals surface area contributed by atoms with Crippen LogP contribution in [0.4, 0.5) is 5.82 Å². The first-order valence-electron chi connectivity index (χ1n) is 11.2. The second-order valence-corrected chi connectivity index (χ2v) is 8.70. The third-order valence-corrected chi connectivity index (χ3v) is 6.68. The van der Waals surface area contributed by atoms with E-state index in [9.17, 15) is 9.90 Å². The summed E-state index contributed by atoms with van der Waals surface area (Å²) in [5.74, 6) is 0.986. The van der Waals surface area contributed by atoms with E-state index in [0.717, 1.165) is 54.2 Å². The lowest BCUT2D eigenvalue weighted by atomic mass is 9.81. The molecule has 0 radical (unpaired) electrons. The van der Waals surface area contributed by atoms with Gasteiger partial charge in [0, 0.05) is 38.1 Å². The molecule has 2 fully saturated rings. The predicted molar refractivity (Wildman–Crippen MR) is 121 cm³/mol. The van der Waals surface area contributed by atoms with Crippen molar-refractivity contribution in [1.82, 2.24) is 15.0 Å². The molecule has 4 heterocycles. The van der Waals surface area contributed by atoms with Gasteiger partial charge in [-0.3, -0.25) is 4.79 Å². The summed E-state index contributed by atoms with van der Waals surface area (Å²) in [6.45, 7) is 2.92. The predicted octanol–water partition coefficient (Wildman–Crippen LogP) is 3.49. The van der Waals surface area contributed by atoms with Crippen molar-refractivity contribution in [3.8, 4) is 11.4 Å². The van der Waals surface area contributed by atoms with E-state index in [-0.39, 0.29) is 12.7 Å². The molecule has 0 unspecified atom stereocenters. The Morgan fingerprint density at radius 3 is 2.66 bits per heavy atom. The van der Waals surface area contributed by atoms with Gasteiger partial charge in [0.1, 0.15) is 11.6 Å². The fraction of sp³-hybridized carbons (Fsp3) is 0.458. The van der Waals surface area contributed by atoms with Gasteiger partial charge in [-0.15, -0.1) is 0 Å². The van der Waals surface area contributed by atoms with Crippen LogP contribution >= 0.6 is 0 Å². The molecule has 1 aromatic carbocycles. The van der Waals surface area contributed by atoms with Crippen molar-refractivity contribution in [2.75, 3.05) is 37.8 Å². The summed E-state index contributed by atoms with van der Waals surface area (Å²) in [6, 6.07) is 12.1. The maximum absolute atomic E-state index is 11.8. The van der Waals surface area contributed by atoms with E-state index < -0.39 is 11.4 Å². The van der Waals surface area contributed by atoms with E-state index in [2.05, 4.69) is 19.9 Å². The smallest absolute Gasteiger partial charge is 0.312 e. The maximum Gasteiger partial charge on any atom is 0.312 e. The first-order valence-corrected chi connectivity index (χ1v) is 11.2. The Bertz CT molecular complexity index is 1030. The molecule has 168 valence electrons. The van der Waals surface area contributed by atoms with Crippen molar-refractivity contribution in [3.63, 3.8) is 0 Å². The molecule has 0 spiro atoms. The minimum Gasteiger partial charge on any atom is -0.481 e. The number of anilines is 1. The number of aromatic amines is 1. The first kappa shape index (κ1) is 20.9. The summed E-state index contributed by atoms with van der Waals surface area (Å²) in [5, 5.41) is 9.70. The third-order valence-electron chi connectivity index (χ3n) is 6.68. The second-order valence-electron chi connectivity index (χ2n) is 8.70. The quantitative estimate of drug-likeness (QED) is 0.610. The molecule has 0 bridgehead atoms. The first-order chi connectivity index (χ1) is 15.6. The molecule has 2 N–H and O–H groups in total. The van der Waals surface area contributed by atoms with Crippen LogP contribution in [0, 0.1) is 5.41 Å². The summed E-state index contributed by atoms with van der Waals surface area (Å²) < 4.78 is 11.4. The fourth-order valence-corrected chi connectivity index (χ4v) is 4.51. The van der Waals surface area contributed by atoms with Gasteiger partial charge in [0.2, 0.25) is 0 Å². The number of ether oxygens (including phenoxy) is 2. The molecule has 8 heteroatoms. The minimum absolute atomic E-state index is 0.0835. The van der Waals surface area contributed by atoms with E-state index in [0.29, 0.717) is 26.1 Å². The van der Waals surface area contributed by atoms with Crippen LogP contribution in [0.1, 0.15) is 25.7 Å². The summed E-state index contributed by atoms with van der Waals surface area (Å²) in [7, 11) is 0. The van der Waals surface area contributed by atoms with Gasteiger partial charge in [0.15, 0.2) is 0 Å². The number of carboxylic acid groups (broad SMARTS) is 1. The molecule has 32 heavy (non-hydrogen) atoms. The SMILES string of the molecule is O=C(O)C1(COC2CCN(c3ccc(-c4nc5ccccc5[nH]4)cn3)CC2)CCOCC1. The van der Waals surface area contributed by atoms with Crippen molar-refractivity contribution < 1.29 is 19.4 Å². The molecule has 0 amide bonds. The number of piperidine rings is 1. The number of hydrogen-bond donors (Lipinski definition) is 2. The zero-order valence-corrected chi connectivity index (χ0v) is 18.0. The van der Waals surface area contributed by atoms with Crippen molar-refractivity contribution in [3.05, 3.63) is 42.6 Å². The number of aliphatic carboxylic acids is 1. The lowest BCUT2D eigenvalue weighted by Crippen LogP contribution is -2.44. The molecular formula is C24H28N4O4. The molecule has 0 aliphatic carbocycles. The Labute approximate surface area is 186 Å². The van der Waals surface area contributed by atoms with Gasteiger partial charge in [-0.25, -0.2) is 9.97 Å². The number of aromatic nitrogens is 3. The molecule has 0 saturated carbocycles. The average molecular weight is 437 g/mol. The Kier molecular flexibility index (Phi) is 5.80. The van der Waals surface area contributed by atoms with Crippen LogP contribution in [0.2, 0.25) is 0 Å². The van der Waals surface area contributed by atoms with Crippen LogP contribution in [0.5, 0.6) is 0 Å². The van der Waals surface area contributed by atoms with Gasteiger partial charge < -0.3 is 24.5 Å². The molecule has 2 aromatic heterocycles. The zero-order chi connectivity index (χ0) is 22.0. The molecule has 3 aromatic rings. The van der Waals surface area contributed by atoms with Crippen molar-refractivity contribution >= 4 is 22.8 Å². The lowest BCUT2D eigenvalue weighted by Gasteiger charge is -2.37. The fourth-order valence-electron chi connectivity index (χ4n) is 4.51. The number of rotatable bonds is 6. The largest absolute Gasteiger partial charge is 0.481 e. The van der Waals surface area contributed by atoms with Crippen molar-refractivity contribution in [2.24, 2.45) is 5.41 Å². The number of pyridine rings is 1. The van der Waals surface area contributed by atoms with Crippen molar-refractivity contribution in [1.29, 1.82) is 0 Å². The Morgan fingerprint density at radius 1 is 1.19 bits per heavy atom. The number of nitrogens with one attached hydrogen (secondary N) is 1. The number of carboxylic acids is 1. The molecule has 0 atom stereocenters. The van der Waals surface area contributed by atoms with Crippen LogP contribution in [-0.2, 0) is 14.3 Å². The monoisotopic (exact) mass is 436 g/mol. The number of H-pyrrole nitrogens is 1. The van der Waals surface area contributed by atoms with E-state index in [1.807, 2.05) is 42.6 Å². The third kappa shape index (κ3) is 4.20. The Balaban J connectivity index is 1.17. The average Bonchev–Trinajstić information content (AvgIpc) is 3.28. The summed E-state index contributed by atoms with van der Waals surface area (Å²) in [4.78, 5) is 26.7. The van der Waals surface area contributed by atoms with Crippen LogP contribution in [-0.4, -0.2) is 65.0 Å². The second kappa shape index (κ2) is 8.88. The molecule has 5 rings (SSSR count).